The molecular weight excluding hydrogens is 434 g/mol. The van der Waals surface area contributed by atoms with Crippen LogP contribution in [0.15, 0.2) is 33.9 Å². The lowest BCUT2D eigenvalue weighted by Crippen LogP contribution is -2.43. The molecule has 0 aliphatic carbocycles. The van der Waals surface area contributed by atoms with Crippen LogP contribution in [0.2, 0.25) is 0 Å². The van der Waals surface area contributed by atoms with Crippen molar-refractivity contribution in [2.24, 2.45) is 7.05 Å². The molecule has 1 saturated heterocycles. The highest BCUT2D eigenvalue weighted by Crippen LogP contribution is 2.23. The maximum absolute atomic E-state index is 12.7. The SMILES string of the molecule is CC(C)n1nc(-c2ccc(OCCN3CCC(N(C)C)CC3)cc2)nc2c(=O)n(C)c(=O)nc1-2. The third kappa shape index (κ3) is 5.02. The van der Waals surface area contributed by atoms with Gasteiger partial charge < -0.3 is 9.64 Å². The maximum Gasteiger partial charge on any atom is 0.352 e. The number of piperidine rings is 1. The molecule has 0 bridgehead atoms. The smallest absolute Gasteiger partial charge is 0.352 e. The quantitative estimate of drug-likeness (QED) is 0.516. The van der Waals surface area contributed by atoms with Gasteiger partial charge in [-0.2, -0.15) is 10.1 Å². The zero-order valence-electron chi connectivity index (χ0n) is 20.6. The molecular formula is C24H33N7O3. The van der Waals surface area contributed by atoms with Gasteiger partial charge in [0.05, 0.1) is 0 Å². The molecule has 0 spiro atoms. The Balaban J connectivity index is 1.47. The normalized spacial score (nSPS) is 15.5. The Bertz CT molecular complexity index is 1210. The first-order valence-electron chi connectivity index (χ1n) is 11.7. The predicted molar refractivity (Wildman–Crippen MR) is 130 cm³/mol. The van der Waals surface area contributed by atoms with Crippen LogP contribution in [0.25, 0.3) is 22.9 Å². The first kappa shape index (κ1) is 24.0. The summed E-state index contributed by atoms with van der Waals surface area (Å²) in [6, 6.07) is 8.10. The minimum atomic E-state index is -0.619. The van der Waals surface area contributed by atoms with E-state index in [0.717, 1.165) is 35.5 Å². The number of ether oxygens (including phenoxy) is 1. The fourth-order valence-corrected chi connectivity index (χ4v) is 4.23. The van der Waals surface area contributed by atoms with Crippen molar-refractivity contribution in [2.45, 2.75) is 38.8 Å². The van der Waals surface area contributed by atoms with Gasteiger partial charge in [-0.1, -0.05) is 0 Å². The van der Waals surface area contributed by atoms with Crippen molar-refractivity contribution in [3.05, 3.63) is 45.1 Å². The second kappa shape index (κ2) is 10.0. The van der Waals surface area contributed by atoms with E-state index in [1.165, 1.54) is 19.9 Å². The highest BCUT2D eigenvalue weighted by molar-refractivity contribution is 5.60. The van der Waals surface area contributed by atoms with E-state index in [0.29, 0.717) is 18.5 Å². The van der Waals surface area contributed by atoms with Gasteiger partial charge in [0.25, 0.3) is 5.56 Å². The first-order chi connectivity index (χ1) is 16.2. The van der Waals surface area contributed by atoms with E-state index in [-0.39, 0.29) is 17.6 Å². The first-order valence-corrected chi connectivity index (χ1v) is 11.7. The summed E-state index contributed by atoms with van der Waals surface area (Å²) in [6.45, 7) is 7.57. The van der Waals surface area contributed by atoms with Crippen LogP contribution in [0, 0.1) is 0 Å². The summed E-state index contributed by atoms with van der Waals surface area (Å²) in [7, 11) is 5.70. The van der Waals surface area contributed by atoms with Gasteiger partial charge in [-0.05, 0) is 78.1 Å². The van der Waals surface area contributed by atoms with Crippen LogP contribution in [0.4, 0.5) is 0 Å². The minimum Gasteiger partial charge on any atom is -0.492 e. The van der Waals surface area contributed by atoms with E-state index >= 15 is 0 Å². The van der Waals surface area contributed by atoms with E-state index in [2.05, 4.69) is 39.0 Å². The third-order valence-electron chi connectivity index (χ3n) is 6.41. The van der Waals surface area contributed by atoms with E-state index in [4.69, 9.17) is 4.74 Å². The Labute approximate surface area is 199 Å². The second-order valence-corrected chi connectivity index (χ2v) is 9.31. The molecule has 34 heavy (non-hydrogen) atoms. The molecule has 0 aromatic heterocycles. The zero-order chi connectivity index (χ0) is 24.4. The van der Waals surface area contributed by atoms with E-state index in [1.807, 2.05) is 38.1 Å². The molecule has 10 nitrogen and oxygen atoms in total. The number of hydrogen-bond acceptors (Lipinski definition) is 8. The average molecular weight is 468 g/mol. The summed E-state index contributed by atoms with van der Waals surface area (Å²) in [5, 5.41) is 4.56. The largest absolute Gasteiger partial charge is 0.492 e. The molecule has 0 radical (unpaired) electrons. The molecule has 1 aromatic rings. The molecule has 3 heterocycles. The summed E-state index contributed by atoms with van der Waals surface area (Å²) in [5.41, 5.74) is -0.226. The lowest BCUT2D eigenvalue weighted by atomic mass is 10.0. The number of nitrogens with zero attached hydrogens (tertiary/aromatic N) is 7. The molecule has 0 saturated carbocycles. The molecule has 0 N–H and O–H groups in total. The van der Waals surface area contributed by atoms with E-state index in [1.54, 1.807) is 4.68 Å². The summed E-state index contributed by atoms with van der Waals surface area (Å²) in [6.07, 6.45) is 2.39. The number of likely N-dealkylation sites (tertiary alicyclic amines) is 1. The fraction of sp³-hybridized carbons (Fsp3) is 0.542. The van der Waals surface area contributed by atoms with Gasteiger partial charge in [-0.3, -0.25) is 14.3 Å². The lowest BCUT2D eigenvalue weighted by molar-refractivity contribution is 0.128. The average Bonchev–Trinajstić information content (AvgIpc) is 2.83. The van der Waals surface area contributed by atoms with Crippen LogP contribution in [0.1, 0.15) is 32.7 Å². The Morgan fingerprint density at radius 1 is 1.09 bits per heavy atom. The van der Waals surface area contributed by atoms with Crippen LogP contribution in [0.5, 0.6) is 5.75 Å². The van der Waals surface area contributed by atoms with Gasteiger partial charge in [0, 0.05) is 31.2 Å². The van der Waals surface area contributed by atoms with Gasteiger partial charge in [-0.25, -0.2) is 14.5 Å². The lowest BCUT2D eigenvalue weighted by Gasteiger charge is -2.35. The monoisotopic (exact) mass is 467 g/mol. The molecule has 10 heteroatoms. The highest BCUT2D eigenvalue weighted by atomic mass is 16.5. The second-order valence-electron chi connectivity index (χ2n) is 9.31. The molecule has 0 amide bonds. The molecule has 1 fully saturated rings. The van der Waals surface area contributed by atoms with Crippen molar-refractivity contribution >= 4 is 0 Å². The van der Waals surface area contributed by atoms with Crippen LogP contribution < -0.4 is 16.0 Å². The van der Waals surface area contributed by atoms with Crippen molar-refractivity contribution in [3.63, 3.8) is 0 Å². The Morgan fingerprint density at radius 3 is 2.38 bits per heavy atom. The molecule has 0 unspecified atom stereocenters. The summed E-state index contributed by atoms with van der Waals surface area (Å²) < 4.78 is 8.49. The number of rotatable bonds is 7. The van der Waals surface area contributed by atoms with Crippen LogP contribution >= 0.6 is 0 Å². The minimum absolute atomic E-state index is 0.103. The Kier molecular flexibility index (Phi) is 7.08. The number of aromatic nitrogens is 5. The number of benzene rings is 1. The molecule has 3 aliphatic heterocycles. The summed E-state index contributed by atoms with van der Waals surface area (Å²) in [5.74, 6) is 1.37. The Morgan fingerprint density at radius 2 is 1.76 bits per heavy atom. The van der Waals surface area contributed by atoms with Gasteiger partial charge in [0.2, 0.25) is 0 Å². The van der Waals surface area contributed by atoms with Crippen molar-refractivity contribution in [3.8, 4) is 28.7 Å². The topological polar surface area (TPSA) is 98.4 Å². The van der Waals surface area contributed by atoms with Crippen LogP contribution in [-0.4, -0.2) is 80.5 Å². The van der Waals surface area contributed by atoms with Gasteiger partial charge in [0.15, 0.2) is 17.3 Å². The van der Waals surface area contributed by atoms with Crippen molar-refractivity contribution in [1.82, 2.24) is 34.1 Å². The Hall–Kier alpha value is -3.11. The summed E-state index contributed by atoms with van der Waals surface area (Å²) in [4.78, 5) is 37.9. The zero-order valence-corrected chi connectivity index (χ0v) is 20.6. The van der Waals surface area contributed by atoms with Gasteiger partial charge >= 0.3 is 5.69 Å². The molecule has 182 valence electrons. The fourth-order valence-electron chi connectivity index (χ4n) is 4.23. The summed E-state index contributed by atoms with van der Waals surface area (Å²) >= 11 is 0. The number of fused-ring (bicyclic) bond motifs is 1. The standard InChI is InChI=1S/C24H33N7O3/c1-16(2)31-22-20(23(32)29(5)24(33)26-22)25-21(27-31)17-6-8-19(9-7-17)34-15-14-30-12-10-18(11-13-30)28(3)4/h6-9,16,18H,10-15H2,1-5H3. The third-order valence-corrected chi connectivity index (χ3v) is 6.41. The van der Waals surface area contributed by atoms with E-state index in [9.17, 15) is 9.59 Å². The molecule has 1 aromatic carbocycles. The predicted octanol–water partition coefficient (Wildman–Crippen LogP) is 1.49. The van der Waals surface area contributed by atoms with Crippen molar-refractivity contribution < 1.29 is 4.74 Å². The molecule has 3 aliphatic rings. The van der Waals surface area contributed by atoms with Gasteiger partial charge in [-0.15, -0.1) is 0 Å². The molecule has 4 rings (SSSR count). The van der Waals surface area contributed by atoms with Crippen molar-refractivity contribution in [1.29, 1.82) is 0 Å². The van der Waals surface area contributed by atoms with Crippen LogP contribution in [0.3, 0.4) is 0 Å². The van der Waals surface area contributed by atoms with Gasteiger partial charge in [0.1, 0.15) is 12.4 Å². The molecule has 0 atom stereocenters. The van der Waals surface area contributed by atoms with Crippen molar-refractivity contribution in [2.75, 3.05) is 40.3 Å². The number of hydrogen-bond donors (Lipinski definition) is 0. The van der Waals surface area contributed by atoms with E-state index < -0.39 is 11.2 Å². The van der Waals surface area contributed by atoms with Crippen LogP contribution in [-0.2, 0) is 7.05 Å². The highest BCUT2D eigenvalue weighted by Gasteiger charge is 2.22. The maximum atomic E-state index is 12.7.